The molecule has 1 fully saturated rings. The average Bonchev–Trinajstić information content (AvgIpc) is 2.76. The molecule has 1 amide bonds. The van der Waals surface area contributed by atoms with E-state index in [2.05, 4.69) is 83.9 Å². The van der Waals surface area contributed by atoms with Crippen LogP contribution in [0.15, 0.2) is 66.4 Å². The van der Waals surface area contributed by atoms with E-state index >= 15 is 0 Å². The standard InChI is InChI=1S/C28H33N5OS/c1-18(2)11-25(35-19(3)4)20-7-8-22-15-30-26(13-23(22)12-20)31-28(34)21-9-10-29-27(14-21)33-16-24(17-33)32(5)6/h7-15,18,24H,3,16-17H2,1-2,4-6H3,(H,30,31,34)/b25-11-. The Hall–Kier alpha value is -3.16. The van der Waals surface area contributed by atoms with E-state index in [9.17, 15) is 4.79 Å². The maximum absolute atomic E-state index is 13.0. The molecule has 3 aromatic rings. The number of hydrogen-bond donors (Lipinski definition) is 1. The number of allylic oxidation sites excluding steroid dienone is 2. The van der Waals surface area contributed by atoms with Gasteiger partial charge in [-0.1, -0.05) is 50.4 Å². The first-order valence-electron chi connectivity index (χ1n) is 11.8. The van der Waals surface area contributed by atoms with Crippen LogP contribution in [0.25, 0.3) is 15.7 Å². The van der Waals surface area contributed by atoms with E-state index < -0.39 is 0 Å². The molecule has 35 heavy (non-hydrogen) atoms. The number of rotatable bonds is 8. The Morgan fingerprint density at radius 2 is 1.91 bits per heavy atom. The molecule has 0 aliphatic carbocycles. The molecular weight excluding hydrogens is 454 g/mol. The van der Waals surface area contributed by atoms with Crippen molar-refractivity contribution in [2.45, 2.75) is 26.8 Å². The number of hydrogen-bond acceptors (Lipinski definition) is 6. The van der Waals surface area contributed by atoms with Crippen LogP contribution in [0.3, 0.4) is 0 Å². The Bertz CT molecular complexity index is 1280. The molecule has 0 bridgehead atoms. The van der Waals surface area contributed by atoms with E-state index in [1.54, 1.807) is 30.2 Å². The molecule has 1 N–H and O–H groups in total. The molecule has 6 nitrogen and oxygen atoms in total. The normalized spacial score (nSPS) is 14.5. The van der Waals surface area contributed by atoms with Crippen molar-refractivity contribution in [2.24, 2.45) is 5.92 Å². The van der Waals surface area contributed by atoms with Crippen LogP contribution in [-0.4, -0.2) is 54.0 Å². The number of nitrogens with zero attached hydrogens (tertiary/aromatic N) is 4. The molecule has 1 aromatic carbocycles. The van der Waals surface area contributed by atoms with E-state index in [4.69, 9.17) is 0 Å². The smallest absolute Gasteiger partial charge is 0.257 e. The first-order chi connectivity index (χ1) is 16.7. The molecule has 182 valence electrons. The van der Waals surface area contributed by atoms with Crippen molar-refractivity contribution in [3.8, 4) is 0 Å². The monoisotopic (exact) mass is 487 g/mol. The van der Waals surface area contributed by atoms with Crippen molar-refractivity contribution in [3.05, 3.63) is 77.5 Å². The van der Waals surface area contributed by atoms with E-state index in [0.29, 0.717) is 23.3 Å². The van der Waals surface area contributed by atoms with Crippen LogP contribution in [0, 0.1) is 5.92 Å². The van der Waals surface area contributed by atoms with Gasteiger partial charge in [0.25, 0.3) is 5.91 Å². The van der Waals surface area contributed by atoms with Gasteiger partial charge in [-0.15, -0.1) is 0 Å². The van der Waals surface area contributed by atoms with Crippen LogP contribution < -0.4 is 10.2 Å². The number of carbonyl (C=O) groups excluding carboxylic acids is 1. The number of likely N-dealkylation sites (N-methyl/N-ethyl adjacent to an activating group) is 1. The number of thioether (sulfide) groups is 1. The Morgan fingerprint density at radius 1 is 1.14 bits per heavy atom. The van der Waals surface area contributed by atoms with Crippen LogP contribution in [0.1, 0.15) is 36.7 Å². The van der Waals surface area contributed by atoms with Gasteiger partial charge >= 0.3 is 0 Å². The summed E-state index contributed by atoms with van der Waals surface area (Å²) in [5.74, 6) is 1.58. The molecule has 1 saturated heterocycles. The highest BCUT2D eigenvalue weighted by Gasteiger charge is 2.29. The second kappa shape index (κ2) is 10.6. The van der Waals surface area contributed by atoms with Crippen molar-refractivity contribution in [3.63, 3.8) is 0 Å². The third kappa shape index (κ3) is 6.10. The zero-order valence-electron chi connectivity index (χ0n) is 21.1. The molecule has 1 aliphatic heterocycles. The average molecular weight is 488 g/mol. The van der Waals surface area contributed by atoms with Gasteiger partial charge < -0.3 is 15.1 Å². The van der Waals surface area contributed by atoms with Crippen molar-refractivity contribution in [1.82, 2.24) is 14.9 Å². The number of anilines is 2. The fraction of sp³-hybridized carbons (Fsp3) is 0.321. The molecule has 0 atom stereocenters. The maximum atomic E-state index is 13.0. The minimum absolute atomic E-state index is 0.195. The highest BCUT2D eigenvalue weighted by molar-refractivity contribution is 8.11. The van der Waals surface area contributed by atoms with Crippen molar-refractivity contribution in [1.29, 1.82) is 0 Å². The number of pyridine rings is 2. The molecule has 0 spiro atoms. The van der Waals surface area contributed by atoms with Gasteiger partial charge in [0.2, 0.25) is 0 Å². The van der Waals surface area contributed by atoms with Crippen LogP contribution in [-0.2, 0) is 0 Å². The molecule has 1 aliphatic rings. The Kier molecular flexibility index (Phi) is 7.57. The van der Waals surface area contributed by atoms with Crippen molar-refractivity contribution in [2.75, 3.05) is 37.4 Å². The van der Waals surface area contributed by atoms with E-state index in [-0.39, 0.29) is 5.91 Å². The topological polar surface area (TPSA) is 61.4 Å². The lowest BCUT2D eigenvalue weighted by Gasteiger charge is -2.43. The number of fused-ring (bicyclic) bond motifs is 1. The van der Waals surface area contributed by atoms with Gasteiger partial charge in [-0.2, -0.15) is 0 Å². The quantitative estimate of drug-likeness (QED) is 0.427. The summed E-state index contributed by atoms with van der Waals surface area (Å²) in [5.41, 5.74) is 1.70. The summed E-state index contributed by atoms with van der Waals surface area (Å²) < 4.78 is 0. The molecule has 0 unspecified atom stereocenters. The van der Waals surface area contributed by atoms with Crippen molar-refractivity contribution >= 4 is 45.0 Å². The fourth-order valence-electron chi connectivity index (χ4n) is 3.93. The largest absolute Gasteiger partial charge is 0.353 e. The van der Waals surface area contributed by atoms with Gasteiger partial charge in [0.05, 0.1) is 0 Å². The minimum atomic E-state index is -0.195. The highest BCUT2D eigenvalue weighted by Crippen LogP contribution is 2.35. The summed E-state index contributed by atoms with van der Waals surface area (Å²) in [6, 6.07) is 12.4. The first kappa shape index (κ1) is 24.9. The van der Waals surface area contributed by atoms with Crippen LogP contribution in [0.5, 0.6) is 0 Å². The molecule has 0 radical (unpaired) electrons. The maximum Gasteiger partial charge on any atom is 0.257 e. The lowest BCUT2D eigenvalue weighted by atomic mass is 10.1. The lowest BCUT2D eigenvalue weighted by molar-refractivity contribution is 0.102. The summed E-state index contributed by atoms with van der Waals surface area (Å²) >= 11 is 1.68. The Balaban J connectivity index is 1.53. The van der Waals surface area contributed by atoms with Crippen LogP contribution >= 0.6 is 11.8 Å². The second-order valence-corrected chi connectivity index (χ2v) is 10.9. The number of amides is 1. The third-order valence-electron chi connectivity index (χ3n) is 5.94. The third-order valence-corrected chi connectivity index (χ3v) is 6.88. The zero-order chi connectivity index (χ0) is 25.1. The molecule has 3 heterocycles. The van der Waals surface area contributed by atoms with Crippen LogP contribution in [0.4, 0.5) is 11.6 Å². The molecule has 4 rings (SSSR count). The lowest BCUT2D eigenvalue weighted by Crippen LogP contribution is -2.57. The number of benzene rings is 1. The van der Waals surface area contributed by atoms with Gasteiger partial charge in [-0.3, -0.25) is 4.79 Å². The Labute approximate surface area is 212 Å². The van der Waals surface area contributed by atoms with E-state index in [1.807, 2.05) is 19.1 Å². The summed E-state index contributed by atoms with van der Waals surface area (Å²) in [5, 5.41) is 5.00. The van der Waals surface area contributed by atoms with Crippen molar-refractivity contribution < 1.29 is 4.79 Å². The molecule has 7 heteroatoms. The first-order valence-corrected chi connectivity index (χ1v) is 12.7. The predicted molar refractivity (Wildman–Crippen MR) is 149 cm³/mol. The van der Waals surface area contributed by atoms with Gasteiger partial charge in [0.1, 0.15) is 11.6 Å². The Morgan fingerprint density at radius 3 is 2.60 bits per heavy atom. The SMILES string of the molecule is C=C(C)S/C(=C\C(C)C)c1ccc2cnc(NC(=O)c3ccnc(N4CC(N(C)C)C4)c3)cc2c1. The summed E-state index contributed by atoms with van der Waals surface area (Å²) in [7, 11) is 4.17. The van der Waals surface area contributed by atoms with Gasteiger partial charge in [-0.05, 0) is 67.1 Å². The van der Waals surface area contributed by atoms with Gasteiger partial charge in [0, 0.05) is 47.4 Å². The minimum Gasteiger partial charge on any atom is -0.353 e. The summed E-state index contributed by atoms with van der Waals surface area (Å²) in [4.78, 5) is 28.5. The number of nitrogens with one attached hydrogen (secondary N) is 1. The highest BCUT2D eigenvalue weighted by atomic mass is 32.2. The van der Waals surface area contributed by atoms with E-state index in [0.717, 1.165) is 40.1 Å². The second-order valence-electron chi connectivity index (χ2n) is 9.59. The molecular formula is C28H33N5OS. The predicted octanol–water partition coefficient (Wildman–Crippen LogP) is 5.90. The number of aromatic nitrogens is 2. The van der Waals surface area contributed by atoms with Gasteiger partial charge in [0.15, 0.2) is 0 Å². The fourth-order valence-corrected chi connectivity index (χ4v) is 4.89. The number of carbonyl (C=O) groups is 1. The summed E-state index contributed by atoms with van der Waals surface area (Å²) in [6.07, 6.45) is 5.74. The zero-order valence-corrected chi connectivity index (χ0v) is 21.9. The van der Waals surface area contributed by atoms with Crippen LogP contribution in [0.2, 0.25) is 0 Å². The van der Waals surface area contributed by atoms with E-state index in [1.165, 1.54) is 4.91 Å². The molecule has 2 aromatic heterocycles. The summed E-state index contributed by atoms with van der Waals surface area (Å²) in [6.45, 7) is 12.2. The van der Waals surface area contributed by atoms with Gasteiger partial charge in [-0.25, -0.2) is 9.97 Å². The molecule has 0 saturated carbocycles.